The van der Waals surface area contributed by atoms with Gasteiger partial charge in [0, 0.05) is 13.1 Å². The van der Waals surface area contributed by atoms with E-state index >= 15 is 0 Å². The minimum absolute atomic E-state index is 0.116. The second kappa shape index (κ2) is 6.97. The lowest BCUT2D eigenvalue weighted by atomic mass is 10.3. The van der Waals surface area contributed by atoms with Gasteiger partial charge in [-0.25, -0.2) is 12.8 Å². The minimum Gasteiger partial charge on any atom is -0.455 e. The number of rotatable bonds is 6. The van der Waals surface area contributed by atoms with Gasteiger partial charge >= 0.3 is 0 Å². The fourth-order valence-electron chi connectivity index (χ4n) is 2.12. The van der Waals surface area contributed by atoms with Gasteiger partial charge in [-0.05, 0) is 42.5 Å². The van der Waals surface area contributed by atoms with Gasteiger partial charge in [0.05, 0.1) is 10.6 Å². The van der Waals surface area contributed by atoms with Gasteiger partial charge in [0.2, 0.25) is 10.0 Å². The van der Waals surface area contributed by atoms with E-state index in [1.807, 2.05) is 0 Å². The summed E-state index contributed by atoms with van der Waals surface area (Å²) in [6.45, 7) is 4.31. The van der Waals surface area contributed by atoms with Crippen LogP contribution in [-0.2, 0) is 10.0 Å². The van der Waals surface area contributed by atoms with Crippen molar-refractivity contribution in [3.63, 3.8) is 0 Å². The third-order valence-electron chi connectivity index (χ3n) is 3.37. The van der Waals surface area contributed by atoms with Crippen LogP contribution >= 0.6 is 0 Å². The average Bonchev–Trinajstić information content (AvgIpc) is 2.52. The van der Waals surface area contributed by atoms with E-state index < -0.39 is 10.0 Å². The van der Waals surface area contributed by atoms with Crippen LogP contribution in [0, 0.1) is 5.82 Å². The van der Waals surface area contributed by atoms with Gasteiger partial charge in [0.15, 0.2) is 0 Å². The standard InChI is InChI=1S/C16H19FN2O3S/c1-3-19(4-2)23(20,21)14-9-10-16(15(18)11-14)22-13-7-5-12(17)6-8-13/h5-11H,3-4,18H2,1-2H3. The molecule has 0 bridgehead atoms. The van der Waals surface area contributed by atoms with Crippen LogP contribution in [0.2, 0.25) is 0 Å². The highest BCUT2D eigenvalue weighted by Crippen LogP contribution is 2.30. The summed E-state index contributed by atoms with van der Waals surface area (Å²) in [6.07, 6.45) is 0. The molecule has 0 atom stereocenters. The number of hydrogen-bond donors (Lipinski definition) is 1. The molecule has 0 saturated carbocycles. The van der Waals surface area contributed by atoms with Crippen LogP contribution in [0.25, 0.3) is 0 Å². The molecule has 5 nitrogen and oxygen atoms in total. The first-order valence-electron chi connectivity index (χ1n) is 7.21. The van der Waals surface area contributed by atoms with Crippen molar-refractivity contribution in [2.45, 2.75) is 18.7 Å². The molecule has 0 radical (unpaired) electrons. The minimum atomic E-state index is -3.57. The maximum atomic E-state index is 12.9. The number of nitrogen functional groups attached to an aromatic ring is 1. The summed E-state index contributed by atoms with van der Waals surface area (Å²) in [4.78, 5) is 0.116. The molecule has 0 fully saturated rings. The summed E-state index contributed by atoms with van der Waals surface area (Å²) in [5.74, 6) is 0.360. The Hall–Kier alpha value is -2.12. The molecule has 7 heteroatoms. The van der Waals surface area contributed by atoms with Crippen LogP contribution in [0.15, 0.2) is 47.4 Å². The van der Waals surface area contributed by atoms with E-state index in [1.54, 1.807) is 13.8 Å². The summed E-state index contributed by atoms with van der Waals surface area (Å²) < 4.78 is 44.7. The van der Waals surface area contributed by atoms with Crippen LogP contribution < -0.4 is 10.5 Å². The molecule has 0 spiro atoms. The number of ether oxygens (including phenoxy) is 1. The van der Waals surface area contributed by atoms with Crippen LogP contribution in [0.1, 0.15) is 13.8 Å². The molecule has 0 aliphatic heterocycles. The Morgan fingerprint density at radius 1 is 1.09 bits per heavy atom. The topological polar surface area (TPSA) is 72.6 Å². The predicted octanol–water partition coefficient (Wildman–Crippen LogP) is 3.23. The lowest BCUT2D eigenvalue weighted by Gasteiger charge is -2.19. The van der Waals surface area contributed by atoms with Crippen LogP contribution in [-0.4, -0.2) is 25.8 Å². The predicted molar refractivity (Wildman–Crippen MR) is 87.4 cm³/mol. The Morgan fingerprint density at radius 2 is 1.70 bits per heavy atom. The van der Waals surface area contributed by atoms with Gasteiger partial charge in [0.25, 0.3) is 0 Å². The fourth-order valence-corrected chi connectivity index (χ4v) is 3.62. The Labute approximate surface area is 135 Å². The number of benzene rings is 2. The lowest BCUT2D eigenvalue weighted by molar-refractivity contribution is 0.445. The lowest BCUT2D eigenvalue weighted by Crippen LogP contribution is -2.30. The van der Waals surface area contributed by atoms with Crippen LogP contribution in [0.5, 0.6) is 11.5 Å². The second-order valence-corrected chi connectivity index (χ2v) is 6.78. The fraction of sp³-hybridized carbons (Fsp3) is 0.250. The summed E-state index contributed by atoms with van der Waals surface area (Å²) in [5.41, 5.74) is 6.09. The number of nitrogens with zero attached hydrogens (tertiary/aromatic N) is 1. The average molecular weight is 338 g/mol. The molecule has 0 amide bonds. The second-order valence-electron chi connectivity index (χ2n) is 4.84. The molecule has 0 aliphatic carbocycles. The number of nitrogens with two attached hydrogens (primary N) is 1. The Bertz CT molecular complexity index is 772. The first kappa shape index (κ1) is 17.2. The normalized spacial score (nSPS) is 11.7. The molecule has 124 valence electrons. The highest BCUT2D eigenvalue weighted by molar-refractivity contribution is 7.89. The Balaban J connectivity index is 2.29. The third kappa shape index (κ3) is 3.80. The maximum absolute atomic E-state index is 12.9. The van der Waals surface area contributed by atoms with Gasteiger partial charge in [-0.3, -0.25) is 0 Å². The molecule has 23 heavy (non-hydrogen) atoms. The molecular formula is C16H19FN2O3S. The molecule has 0 saturated heterocycles. The SMILES string of the molecule is CCN(CC)S(=O)(=O)c1ccc(Oc2ccc(F)cc2)c(N)c1. The van der Waals surface area contributed by atoms with Crippen molar-refractivity contribution in [2.75, 3.05) is 18.8 Å². The third-order valence-corrected chi connectivity index (χ3v) is 5.41. The summed E-state index contributed by atoms with van der Waals surface area (Å²) in [7, 11) is -3.57. The van der Waals surface area contributed by atoms with Gasteiger partial charge in [0.1, 0.15) is 17.3 Å². The zero-order chi connectivity index (χ0) is 17.0. The molecule has 2 N–H and O–H groups in total. The van der Waals surface area contributed by atoms with E-state index in [2.05, 4.69) is 0 Å². The smallest absolute Gasteiger partial charge is 0.243 e. The summed E-state index contributed by atoms with van der Waals surface area (Å²) in [5, 5.41) is 0. The Kier molecular flexibility index (Phi) is 5.23. The highest BCUT2D eigenvalue weighted by Gasteiger charge is 2.22. The van der Waals surface area contributed by atoms with Gasteiger partial charge in [-0.1, -0.05) is 13.8 Å². The van der Waals surface area contributed by atoms with Crippen LogP contribution in [0.3, 0.4) is 0 Å². The van der Waals surface area contributed by atoms with Gasteiger partial charge < -0.3 is 10.5 Å². The van der Waals surface area contributed by atoms with E-state index in [1.165, 1.54) is 46.8 Å². The number of halogens is 1. The molecule has 0 aliphatic rings. The van der Waals surface area contributed by atoms with E-state index in [0.29, 0.717) is 24.6 Å². The van der Waals surface area contributed by atoms with Crippen molar-refractivity contribution in [3.8, 4) is 11.5 Å². The summed E-state index contributed by atoms with van der Waals surface area (Å²) >= 11 is 0. The molecular weight excluding hydrogens is 319 g/mol. The van der Waals surface area contributed by atoms with Crippen molar-refractivity contribution in [3.05, 3.63) is 48.3 Å². The van der Waals surface area contributed by atoms with Crippen molar-refractivity contribution < 1.29 is 17.5 Å². The molecule has 0 heterocycles. The molecule has 0 unspecified atom stereocenters. The van der Waals surface area contributed by atoms with Crippen molar-refractivity contribution in [1.29, 1.82) is 0 Å². The first-order chi connectivity index (χ1) is 10.9. The van der Waals surface area contributed by atoms with E-state index in [4.69, 9.17) is 10.5 Å². The summed E-state index contributed by atoms with van der Waals surface area (Å²) in [6, 6.07) is 9.78. The largest absolute Gasteiger partial charge is 0.455 e. The zero-order valence-electron chi connectivity index (χ0n) is 13.0. The van der Waals surface area contributed by atoms with Crippen molar-refractivity contribution in [1.82, 2.24) is 4.31 Å². The van der Waals surface area contributed by atoms with Gasteiger partial charge in [-0.15, -0.1) is 0 Å². The van der Waals surface area contributed by atoms with E-state index in [-0.39, 0.29) is 16.4 Å². The molecule has 2 rings (SSSR count). The monoisotopic (exact) mass is 338 g/mol. The van der Waals surface area contributed by atoms with Crippen molar-refractivity contribution >= 4 is 15.7 Å². The van der Waals surface area contributed by atoms with E-state index in [9.17, 15) is 12.8 Å². The number of sulfonamides is 1. The highest BCUT2D eigenvalue weighted by atomic mass is 32.2. The van der Waals surface area contributed by atoms with E-state index in [0.717, 1.165) is 0 Å². The quantitative estimate of drug-likeness (QED) is 0.821. The molecule has 2 aromatic rings. The first-order valence-corrected chi connectivity index (χ1v) is 8.65. The molecule has 0 aromatic heterocycles. The van der Waals surface area contributed by atoms with Crippen molar-refractivity contribution in [2.24, 2.45) is 0 Å². The maximum Gasteiger partial charge on any atom is 0.243 e. The Morgan fingerprint density at radius 3 is 2.22 bits per heavy atom. The van der Waals surface area contributed by atoms with Crippen LogP contribution in [0.4, 0.5) is 10.1 Å². The number of anilines is 1. The zero-order valence-corrected chi connectivity index (χ0v) is 13.8. The van der Waals surface area contributed by atoms with Gasteiger partial charge in [-0.2, -0.15) is 4.31 Å². The molecule has 2 aromatic carbocycles. The number of hydrogen-bond acceptors (Lipinski definition) is 4.